The average Bonchev–Trinajstić information content (AvgIpc) is 2.64. The molecule has 0 aliphatic carbocycles. The second-order valence-electron chi connectivity index (χ2n) is 3.70. The van der Waals surface area contributed by atoms with Crippen LogP contribution < -0.4 is 0 Å². The lowest BCUT2D eigenvalue weighted by Gasteiger charge is -2.12. The van der Waals surface area contributed by atoms with E-state index < -0.39 is 0 Å². The van der Waals surface area contributed by atoms with Gasteiger partial charge in [0, 0.05) is 12.5 Å². The zero-order valence-corrected chi connectivity index (χ0v) is 8.80. The second-order valence-corrected chi connectivity index (χ2v) is 4.08. The smallest absolute Gasteiger partial charge is 0.0577 e. The highest BCUT2D eigenvalue weighted by Crippen LogP contribution is 2.18. The maximum Gasteiger partial charge on any atom is 0.0577 e. The standard InChI is InChI=1S/C10H19ClO2/c11-7-1-3-9(12)5-6-10-4-2-8-13-10/h9-10,12H,1-8H2. The Morgan fingerprint density at radius 3 is 2.92 bits per heavy atom. The highest BCUT2D eigenvalue weighted by molar-refractivity contribution is 6.17. The van der Waals surface area contributed by atoms with Gasteiger partial charge < -0.3 is 9.84 Å². The normalized spacial score (nSPS) is 24.9. The predicted octanol–water partition coefficient (Wildman–Crippen LogP) is 2.33. The van der Waals surface area contributed by atoms with E-state index in [1.165, 1.54) is 12.8 Å². The molecule has 0 aromatic rings. The van der Waals surface area contributed by atoms with Crippen LogP contribution in [0.1, 0.15) is 38.5 Å². The topological polar surface area (TPSA) is 29.5 Å². The molecule has 0 aromatic carbocycles. The molecule has 0 amide bonds. The maximum atomic E-state index is 9.53. The third-order valence-corrected chi connectivity index (χ3v) is 2.78. The zero-order chi connectivity index (χ0) is 9.52. The Bertz CT molecular complexity index is 124. The Morgan fingerprint density at radius 2 is 2.31 bits per heavy atom. The van der Waals surface area contributed by atoms with Crippen molar-refractivity contribution in [1.82, 2.24) is 0 Å². The molecular weight excluding hydrogens is 188 g/mol. The summed E-state index contributed by atoms with van der Waals surface area (Å²) in [5, 5.41) is 9.53. The first-order chi connectivity index (χ1) is 6.33. The lowest BCUT2D eigenvalue weighted by atomic mass is 10.0. The van der Waals surface area contributed by atoms with Crippen LogP contribution in [0.25, 0.3) is 0 Å². The van der Waals surface area contributed by atoms with E-state index in [0.29, 0.717) is 12.0 Å². The van der Waals surface area contributed by atoms with Gasteiger partial charge in [-0.1, -0.05) is 0 Å². The summed E-state index contributed by atoms with van der Waals surface area (Å²) in [6, 6.07) is 0. The number of ether oxygens (including phenoxy) is 1. The fraction of sp³-hybridized carbons (Fsp3) is 1.00. The molecule has 1 fully saturated rings. The molecule has 2 unspecified atom stereocenters. The molecule has 1 saturated heterocycles. The van der Waals surface area contributed by atoms with E-state index in [1.54, 1.807) is 0 Å². The largest absolute Gasteiger partial charge is 0.393 e. The summed E-state index contributed by atoms with van der Waals surface area (Å²) >= 11 is 5.54. The fourth-order valence-corrected chi connectivity index (χ4v) is 1.86. The van der Waals surface area contributed by atoms with Crippen molar-refractivity contribution in [3.05, 3.63) is 0 Å². The van der Waals surface area contributed by atoms with Crippen LogP contribution in [-0.2, 0) is 4.74 Å². The number of halogens is 1. The SMILES string of the molecule is OC(CCCCl)CCC1CCCO1. The van der Waals surface area contributed by atoms with Gasteiger partial charge in [-0.05, 0) is 38.5 Å². The molecule has 1 aliphatic rings. The summed E-state index contributed by atoms with van der Waals surface area (Å²) in [5.41, 5.74) is 0. The predicted molar refractivity (Wildman–Crippen MR) is 54.2 cm³/mol. The monoisotopic (exact) mass is 206 g/mol. The number of alkyl halides is 1. The molecule has 0 radical (unpaired) electrons. The minimum atomic E-state index is -0.178. The number of hydrogen-bond donors (Lipinski definition) is 1. The van der Waals surface area contributed by atoms with Crippen molar-refractivity contribution in [2.24, 2.45) is 0 Å². The van der Waals surface area contributed by atoms with E-state index in [1.807, 2.05) is 0 Å². The molecular formula is C10H19ClO2. The van der Waals surface area contributed by atoms with Gasteiger partial charge in [0.05, 0.1) is 12.2 Å². The Hall–Kier alpha value is 0.210. The number of aliphatic hydroxyl groups excluding tert-OH is 1. The van der Waals surface area contributed by atoms with E-state index in [2.05, 4.69) is 0 Å². The van der Waals surface area contributed by atoms with Crippen LogP contribution in [0.4, 0.5) is 0 Å². The van der Waals surface area contributed by atoms with Gasteiger partial charge in [-0.2, -0.15) is 0 Å². The van der Waals surface area contributed by atoms with Gasteiger partial charge in [-0.25, -0.2) is 0 Å². The van der Waals surface area contributed by atoms with Crippen LogP contribution in [-0.4, -0.2) is 29.8 Å². The summed E-state index contributed by atoms with van der Waals surface area (Å²) in [6.45, 7) is 0.905. The lowest BCUT2D eigenvalue weighted by molar-refractivity contribution is 0.0788. The van der Waals surface area contributed by atoms with Gasteiger partial charge in [0.2, 0.25) is 0 Å². The van der Waals surface area contributed by atoms with E-state index in [4.69, 9.17) is 16.3 Å². The molecule has 1 rings (SSSR count). The van der Waals surface area contributed by atoms with Gasteiger partial charge in [-0.15, -0.1) is 11.6 Å². The fourth-order valence-electron chi connectivity index (χ4n) is 1.71. The van der Waals surface area contributed by atoms with Crippen molar-refractivity contribution in [3.63, 3.8) is 0 Å². The molecule has 3 heteroatoms. The summed E-state index contributed by atoms with van der Waals surface area (Å²) in [6.07, 6.45) is 6.19. The van der Waals surface area contributed by atoms with Crippen LogP contribution in [0.2, 0.25) is 0 Å². The minimum Gasteiger partial charge on any atom is -0.393 e. The summed E-state index contributed by atoms with van der Waals surface area (Å²) < 4.78 is 5.47. The molecule has 78 valence electrons. The first-order valence-corrected chi connectivity index (χ1v) is 5.72. The third kappa shape index (κ3) is 4.84. The van der Waals surface area contributed by atoms with Crippen LogP contribution >= 0.6 is 11.6 Å². The summed E-state index contributed by atoms with van der Waals surface area (Å²) in [5.74, 6) is 0.650. The van der Waals surface area contributed by atoms with Crippen molar-refractivity contribution < 1.29 is 9.84 Å². The van der Waals surface area contributed by atoms with Crippen molar-refractivity contribution >= 4 is 11.6 Å². The highest BCUT2D eigenvalue weighted by Gasteiger charge is 2.16. The molecule has 0 saturated carbocycles. The third-order valence-electron chi connectivity index (χ3n) is 2.52. The van der Waals surface area contributed by atoms with Crippen molar-refractivity contribution in [2.75, 3.05) is 12.5 Å². The van der Waals surface area contributed by atoms with Gasteiger partial charge in [0.15, 0.2) is 0 Å². The van der Waals surface area contributed by atoms with E-state index in [0.717, 1.165) is 32.3 Å². The van der Waals surface area contributed by atoms with Crippen molar-refractivity contribution in [1.29, 1.82) is 0 Å². The minimum absolute atomic E-state index is 0.178. The van der Waals surface area contributed by atoms with Gasteiger partial charge in [0.1, 0.15) is 0 Å². The quantitative estimate of drug-likeness (QED) is 0.676. The molecule has 1 heterocycles. The van der Waals surface area contributed by atoms with E-state index >= 15 is 0 Å². The zero-order valence-electron chi connectivity index (χ0n) is 8.04. The van der Waals surface area contributed by atoms with Crippen LogP contribution in [0.3, 0.4) is 0 Å². The second kappa shape index (κ2) is 6.63. The summed E-state index contributed by atoms with van der Waals surface area (Å²) in [7, 11) is 0. The number of aliphatic hydroxyl groups is 1. The average molecular weight is 207 g/mol. The van der Waals surface area contributed by atoms with Crippen LogP contribution in [0.15, 0.2) is 0 Å². The Labute approximate surface area is 85.2 Å². The first kappa shape index (κ1) is 11.3. The van der Waals surface area contributed by atoms with Crippen molar-refractivity contribution in [2.45, 2.75) is 50.7 Å². The van der Waals surface area contributed by atoms with Crippen LogP contribution in [0.5, 0.6) is 0 Å². The molecule has 13 heavy (non-hydrogen) atoms. The molecule has 2 nitrogen and oxygen atoms in total. The van der Waals surface area contributed by atoms with Gasteiger partial charge in [-0.3, -0.25) is 0 Å². The van der Waals surface area contributed by atoms with Crippen molar-refractivity contribution in [3.8, 4) is 0 Å². The molecule has 2 atom stereocenters. The molecule has 0 bridgehead atoms. The number of rotatable bonds is 6. The Balaban J connectivity index is 1.97. The maximum absolute atomic E-state index is 9.53. The molecule has 1 aliphatic heterocycles. The van der Waals surface area contributed by atoms with Gasteiger partial charge in [0.25, 0.3) is 0 Å². The van der Waals surface area contributed by atoms with Gasteiger partial charge >= 0.3 is 0 Å². The Morgan fingerprint density at radius 1 is 1.46 bits per heavy atom. The molecule has 0 spiro atoms. The van der Waals surface area contributed by atoms with E-state index in [9.17, 15) is 5.11 Å². The lowest BCUT2D eigenvalue weighted by Crippen LogP contribution is -2.12. The summed E-state index contributed by atoms with van der Waals surface area (Å²) in [4.78, 5) is 0. The molecule has 0 aromatic heterocycles. The molecule has 1 N–H and O–H groups in total. The highest BCUT2D eigenvalue weighted by atomic mass is 35.5. The number of hydrogen-bond acceptors (Lipinski definition) is 2. The van der Waals surface area contributed by atoms with Crippen LogP contribution in [0, 0.1) is 0 Å². The Kier molecular flexibility index (Phi) is 5.76. The van der Waals surface area contributed by atoms with E-state index in [-0.39, 0.29) is 6.10 Å². The first-order valence-electron chi connectivity index (χ1n) is 5.18.